The molecule has 0 saturated heterocycles. The average molecular weight is 398 g/mol. The zero-order valence-electron chi connectivity index (χ0n) is 16.3. The van der Waals surface area contributed by atoms with Gasteiger partial charge in [-0.2, -0.15) is 0 Å². The number of ether oxygens (including phenoxy) is 3. The third-order valence-corrected chi connectivity index (χ3v) is 5.17. The molecule has 1 aromatic heterocycles. The van der Waals surface area contributed by atoms with Crippen LogP contribution in [0.5, 0.6) is 17.2 Å². The molecule has 0 spiro atoms. The van der Waals surface area contributed by atoms with E-state index >= 15 is 0 Å². The molecule has 0 unspecified atom stereocenters. The molecule has 7 heteroatoms. The fourth-order valence-corrected chi connectivity index (χ4v) is 3.54. The summed E-state index contributed by atoms with van der Waals surface area (Å²) < 4.78 is 15.8. The van der Waals surface area contributed by atoms with Crippen molar-refractivity contribution in [3.63, 3.8) is 0 Å². The minimum atomic E-state index is -0.126. The Hall–Kier alpha value is -3.06. The molecule has 0 N–H and O–H groups in total. The highest BCUT2D eigenvalue weighted by atomic mass is 32.1. The SMILES string of the molecule is COc1ccc(CN(C)C(=O)c2csc(-c3ccc(OC)c(OC)c3)n2)cc1. The van der Waals surface area contributed by atoms with E-state index in [1.165, 1.54) is 11.3 Å². The summed E-state index contributed by atoms with van der Waals surface area (Å²) in [6, 6.07) is 13.2. The first-order valence-electron chi connectivity index (χ1n) is 8.62. The van der Waals surface area contributed by atoms with E-state index in [0.29, 0.717) is 23.7 Å². The predicted molar refractivity (Wildman–Crippen MR) is 109 cm³/mol. The molecule has 0 bridgehead atoms. The summed E-state index contributed by atoms with van der Waals surface area (Å²) in [5.41, 5.74) is 2.32. The Morgan fingerprint density at radius 3 is 2.36 bits per heavy atom. The van der Waals surface area contributed by atoms with E-state index in [9.17, 15) is 4.79 Å². The zero-order valence-corrected chi connectivity index (χ0v) is 17.1. The van der Waals surface area contributed by atoms with Crippen molar-refractivity contribution in [1.29, 1.82) is 0 Å². The second-order valence-corrected chi connectivity index (χ2v) is 6.98. The molecular weight excluding hydrogens is 376 g/mol. The molecule has 0 atom stereocenters. The Bertz CT molecular complexity index is 953. The lowest BCUT2D eigenvalue weighted by molar-refractivity contribution is 0.0780. The molecule has 2 aromatic carbocycles. The van der Waals surface area contributed by atoms with Crippen LogP contribution in [-0.4, -0.2) is 44.2 Å². The molecule has 146 valence electrons. The summed E-state index contributed by atoms with van der Waals surface area (Å²) in [4.78, 5) is 18.9. The standard InChI is InChI=1S/C21H22N2O4S/c1-23(12-14-5-8-16(25-2)9-6-14)21(24)17-13-28-20(22-17)15-7-10-18(26-3)19(11-15)27-4/h5-11,13H,12H2,1-4H3. The number of carbonyl (C=O) groups is 1. The molecule has 3 aromatic rings. The van der Waals surface area contributed by atoms with Crippen molar-refractivity contribution in [3.05, 3.63) is 59.1 Å². The van der Waals surface area contributed by atoms with E-state index in [1.54, 1.807) is 38.7 Å². The average Bonchev–Trinajstić information content (AvgIpc) is 3.23. The van der Waals surface area contributed by atoms with Gasteiger partial charge in [-0.15, -0.1) is 11.3 Å². The van der Waals surface area contributed by atoms with Crippen LogP contribution in [0.3, 0.4) is 0 Å². The molecule has 0 aliphatic rings. The third kappa shape index (κ3) is 4.26. The van der Waals surface area contributed by atoms with E-state index in [4.69, 9.17) is 14.2 Å². The Kier molecular flexibility index (Phi) is 6.16. The van der Waals surface area contributed by atoms with E-state index in [-0.39, 0.29) is 5.91 Å². The van der Waals surface area contributed by atoms with Gasteiger partial charge in [0.05, 0.1) is 21.3 Å². The van der Waals surface area contributed by atoms with Crippen molar-refractivity contribution >= 4 is 17.2 Å². The molecule has 1 amide bonds. The smallest absolute Gasteiger partial charge is 0.273 e. The number of rotatable bonds is 7. The van der Waals surface area contributed by atoms with E-state index in [1.807, 2.05) is 42.5 Å². The van der Waals surface area contributed by atoms with Crippen LogP contribution in [0.4, 0.5) is 0 Å². The zero-order chi connectivity index (χ0) is 20.1. The number of nitrogens with zero attached hydrogens (tertiary/aromatic N) is 2. The number of amides is 1. The molecular formula is C21H22N2O4S. The van der Waals surface area contributed by atoms with Gasteiger partial charge in [-0.1, -0.05) is 12.1 Å². The van der Waals surface area contributed by atoms with Crippen molar-refractivity contribution in [2.75, 3.05) is 28.4 Å². The number of thiazole rings is 1. The normalized spacial score (nSPS) is 10.4. The van der Waals surface area contributed by atoms with Gasteiger partial charge in [-0.05, 0) is 35.9 Å². The summed E-state index contributed by atoms with van der Waals surface area (Å²) in [7, 11) is 6.58. The van der Waals surface area contributed by atoms with Crippen LogP contribution in [0.2, 0.25) is 0 Å². The lowest BCUT2D eigenvalue weighted by Gasteiger charge is -2.16. The molecule has 0 aliphatic heterocycles. The fourth-order valence-electron chi connectivity index (χ4n) is 2.75. The van der Waals surface area contributed by atoms with Crippen molar-refractivity contribution in [1.82, 2.24) is 9.88 Å². The van der Waals surface area contributed by atoms with Crippen LogP contribution in [0, 0.1) is 0 Å². The van der Waals surface area contributed by atoms with Crippen molar-refractivity contribution in [3.8, 4) is 27.8 Å². The molecule has 6 nitrogen and oxygen atoms in total. The number of aromatic nitrogens is 1. The van der Waals surface area contributed by atoms with Gasteiger partial charge >= 0.3 is 0 Å². The van der Waals surface area contributed by atoms with Crippen LogP contribution >= 0.6 is 11.3 Å². The summed E-state index contributed by atoms with van der Waals surface area (Å²) in [5, 5.41) is 2.53. The van der Waals surface area contributed by atoms with E-state index < -0.39 is 0 Å². The quantitative estimate of drug-likeness (QED) is 0.599. The number of benzene rings is 2. The highest BCUT2D eigenvalue weighted by Gasteiger charge is 2.17. The predicted octanol–water partition coefficient (Wildman–Crippen LogP) is 4.11. The Balaban J connectivity index is 1.74. The molecule has 3 rings (SSSR count). The minimum Gasteiger partial charge on any atom is -0.497 e. The van der Waals surface area contributed by atoms with Gasteiger partial charge in [0, 0.05) is 24.5 Å². The molecule has 0 aliphatic carbocycles. The number of methoxy groups -OCH3 is 3. The van der Waals surface area contributed by atoms with E-state index in [0.717, 1.165) is 21.9 Å². The summed E-state index contributed by atoms with van der Waals surface area (Å²) >= 11 is 1.42. The van der Waals surface area contributed by atoms with Gasteiger partial charge in [0.2, 0.25) is 0 Å². The molecule has 0 fully saturated rings. The molecule has 0 radical (unpaired) electrons. The number of hydrogen-bond donors (Lipinski definition) is 0. The van der Waals surface area contributed by atoms with E-state index in [2.05, 4.69) is 4.98 Å². The lowest BCUT2D eigenvalue weighted by atomic mass is 10.2. The maximum absolute atomic E-state index is 12.7. The first-order valence-corrected chi connectivity index (χ1v) is 9.50. The largest absolute Gasteiger partial charge is 0.497 e. The Morgan fingerprint density at radius 1 is 1.00 bits per heavy atom. The molecule has 28 heavy (non-hydrogen) atoms. The fraction of sp³-hybridized carbons (Fsp3) is 0.238. The maximum atomic E-state index is 12.7. The molecule has 1 heterocycles. The van der Waals surface area contributed by atoms with Gasteiger partial charge in [0.15, 0.2) is 11.5 Å². The Labute approximate surface area is 168 Å². The van der Waals surface area contributed by atoms with Gasteiger partial charge in [-0.25, -0.2) is 4.98 Å². The third-order valence-electron chi connectivity index (χ3n) is 4.28. The van der Waals surface area contributed by atoms with Crippen molar-refractivity contribution < 1.29 is 19.0 Å². The van der Waals surface area contributed by atoms with Gasteiger partial charge < -0.3 is 19.1 Å². The monoisotopic (exact) mass is 398 g/mol. The van der Waals surface area contributed by atoms with Crippen molar-refractivity contribution in [2.45, 2.75) is 6.54 Å². The van der Waals surface area contributed by atoms with Crippen LogP contribution in [0.1, 0.15) is 16.1 Å². The van der Waals surface area contributed by atoms with Gasteiger partial charge in [0.25, 0.3) is 5.91 Å². The summed E-state index contributed by atoms with van der Waals surface area (Å²) in [6.07, 6.45) is 0. The lowest BCUT2D eigenvalue weighted by Crippen LogP contribution is -2.26. The first kappa shape index (κ1) is 19.7. The van der Waals surface area contributed by atoms with Crippen LogP contribution in [-0.2, 0) is 6.54 Å². The number of carbonyl (C=O) groups excluding carboxylic acids is 1. The van der Waals surface area contributed by atoms with Gasteiger partial charge in [-0.3, -0.25) is 4.79 Å². The second-order valence-electron chi connectivity index (χ2n) is 6.12. The van der Waals surface area contributed by atoms with Gasteiger partial charge in [0.1, 0.15) is 16.5 Å². The topological polar surface area (TPSA) is 60.9 Å². The van der Waals surface area contributed by atoms with Crippen LogP contribution in [0.15, 0.2) is 47.8 Å². The second kappa shape index (κ2) is 8.75. The highest BCUT2D eigenvalue weighted by molar-refractivity contribution is 7.13. The summed E-state index contributed by atoms with van der Waals surface area (Å²) in [6.45, 7) is 0.492. The van der Waals surface area contributed by atoms with Crippen molar-refractivity contribution in [2.24, 2.45) is 0 Å². The van der Waals surface area contributed by atoms with Crippen LogP contribution in [0.25, 0.3) is 10.6 Å². The maximum Gasteiger partial charge on any atom is 0.273 e. The first-order chi connectivity index (χ1) is 13.5. The van der Waals surface area contributed by atoms with Crippen LogP contribution < -0.4 is 14.2 Å². The minimum absolute atomic E-state index is 0.126. The Morgan fingerprint density at radius 2 is 1.71 bits per heavy atom. The highest BCUT2D eigenvalue weighted by Crippen LogP contribution is 2.33. The summed E-state index contributed by atoms with van der Waals surface area (Å²) in [5.74, 6) is 1.94. The number of hydrogen-bond acceptors (Lipinski definition) is 6. The molecule has 0 saturated carbocycles.